The first-order valence-corrected chi connectivity index (χ1v) is 7.18. The number of aryl methyl sites for hydroxylation is 2. The number of hydrogen-bond donors (Lipinski definition) is 1. The van der Waals surface area contributed by atoms with Crippen LogP contribution in [-0.4, -0.2) is 14.2 Å². The molecular formula is C16H22N2O2. The quantitative estimate of drug-likeness (QED) is 0.879. The summed E-state index contributed by atoms with van der Waals surface area (Å²) >= 11 is 0. The van der Waals surface area contributed by atoms with Crippen molar-refractivity contribution in [2.75, 3.05) is 0 Å². The summed E-state index contributed by atoms with van der Waals surface area (Å²) in [6.07, 6.45) is 4.98. The lowest BCUT2D eigenvalue weighted by Gasteiger charge is -2.12. The Morgan fingerprint density at radius 2 is 1.75 bits per heavy atom. The number of benzene rings is 1. The third-order valence-electron chi connectivity index (χ3n) is 3.53. The minimum atomic E-state index is -0.656. The largest absolute Gasteiger partial charge is 0.387 e. The first kappa shape index (κ1) is 14.6. The predicted molar refractivity (Wildman–Crippen MR) is 79.8 cm³/mol. The fourth-order valence-corrected chi connectivity index (χ4v) is 2.32. The summed E-state index contributed by atoms with van der Waals surface area (Å²) in [4.78, 5) is 11.9. The molecule has 1 unspecified atom stereocenters. The minimum Gasteiger partial charge on any atom is -0.387 e. The lowest BCUT2D eigenvalue weighted by molar-refractivity contribution is 0.155. The summed E-state index contributed by atoms with van der Waals surface area (Å²) < 4.78 is 3.17. The molecule has 1 atom stereocenters. The molecule has 2 aromatic rings. The molecule has 0 bridgehead atoms. The molecule has 0 fully saturated rings. The van der Waals surface area contributed by atoms with Crippen molar-refractivity contribution in [1.29, 1.82) is 0 Å². The van der Waals surface area contributed by atoms with Gasteiger partial charge in [0.05, 0.1) is 12.6 Å². The highest BCUT2D eigenvalue weighted by molar-refractivity contribution is 5.24. The molecule has 0 amide bonds. The summed E-state index contributed by atoms with van der Waals surface area (Å²) in [7, 11) is 0. The Bertz CT molecular complexity index is 596. The molecule has 1 aromatic heterocycles. The van der Waals surface area contributed by atoms with E-state index in [9.17, 15) is 9.90 Å². The van der Waals surface area contributed by atoms with Gasteiger partial charge in [-0.05, 0) is 24.5 Å². The smallest absolute Gasteiger partial charge is 0.328 e. The number of hydrogen-bond acceptors (Lipinski definition) is 2. The number of rotatable bonds is 6. The van der Waals surface area contributed by atoms with Crippen molar-refractivity contribution in [3.8, 4) is 0 Å². The molecule has 0 saturated carbocycles. The Hall–Kier alpha value is -1.81. The van der Waals surface area contributed by atoms with Gasteiger partial charge in [-0.3, -0.25) is 9.13 Å². The van der Waals surface area contributed by atoms with E-state index in [1.165, 1.54) is 5.56 Å². The highest BCUT2D eigenvalue weighted by Gasteiger charge is 2.11. The van der Waals surface area contributed by atoms with Crippen molar-refractivity contribution in [2.45, 2.75) is 45.9 Å². The number of aliphatic hydroxyl groups is 1. The molecule has 1 heterocycles. The molecule has 0 spiro atoms. The standard InChI is InChI=1S/C16H22N2O2/c1-3-5-13-6-8-14(9-7-13)15(19)12-18-11-10-17(4-2)16(18)20/h6-11,15,19H,3-5,12H2,1-2H3. The van der Waals surface area contributed by atoms with Crippen molar-refractivity contribution in [1.82, 2.24) is 9.13 Å². The Kier molecular flexibility index (Phi) is 4.79. The van der Waals surface area contributed by atoms with Gasteiger partial charge < -0.3 is 5.11 Å². The van der Waals surface area contributed by atoms with E-state index >= 15 is 0 Å². The van der Waals surface area contributed by atoms with E-state index in [-0.39, 0.29) is 5.69 Å². The Morgan fingerprint density at radius 1 is 1.10 bits per heavy atom. The highest BCUT2D eigenvalue weighted by atomic mass is 16.3. The number of aromatic nitrogens is 2. The molecule has 20 heavy (non-hydrogen) atoms. The zero-order chi connectivity index (χ0) is 14.5. The summed E-state index contributed by atoms with van der Waals surface area (Å²) in [6.45, 7) is 5.01. The minimum absolute atomic E-state index is 0.0749. The Balaban J connectivity index is 2.09. The van der Waals surface area contributed by atoms with E-state index in [0.29, 0.717) is 13.1 Å². The van der Waals surface area contributed by atoms with Gasteiger partial charge in [0, 0.05) is 18.9 Å². The van der Waals surface area contributed by atoms with Crippen LogP contribution in [0.25, 0.3) is 0 Å². The normalized spacial score (nSPS) is 12.6. The van der Waals surface area contributed by atoms with Gasteiger partial charge in [-0.25, -0.2) is 4.79 Å². The summed E-state index contributed by atoms with van der Waals surface area (Å²) in [5, 5.41) is 10.2. The van der Waals surface area contributed by atoms with Crippen LogP contribution in [0, 0.1) is 0 Å². The fourth-order valence-electron chi connectivity index (χ4n) is 2.32. The van der Waals surface area contributed by atoms with E-state index in [1.807, 2.05) is 31.2 Å². The van der Waals surface area contributed by atoms with E-state index in [2.05, 4.69) is 6.92 Å². The molecule has 4 heteroatoms. The van der Waals surface area contributed by atoms with Gasteiger partial charge in [0.1, 0.15) is 0 Å². The third-order valence-corrected chi connectivity index (χ3v) is 3.53. The van der Waals surface area contributed by atoms with Crippen LogP contribution in [0.1, 0.15) is 37.5 Å². The van der Waals surface area contributed by atoms with Crippen LogP contribution >= 0.6 is 0 Å². The van der Waals surface area contributed by atoms with Crippen LogP contribution in [0.4, 0.5) is 0 Å². The van der Waals surface area contributed by atoms with Gasteiger partial charge in [0.2, 0.25) is 0 Å². The van der Waals surface area contributed by atoms with E-state index in [1.54, 1.807) is 21.5 Å². The molecule has 0 saturated heterocycles. The average molecular weight is 274 g/mol. The first-order valence-electron chi connectivity index (χ1n) is 7.18. The molecular weight excluding hydrogens is 252 g/mol. The molecule has 108 valence electrons. The van der Waals surface area contributed by atoms with Crippen LogP contribution in [-0.2, 0) is 19.5 Å². The van der Waals surface area contributed by atoms with Crippen LogP contribution < -0.4 is 5.69 Å². The van der Waals surface area contributed by atoms with Crippen molar-refractivity contribution in [3.05, 3.63) is 58.3 Å². The van der Waals surface area contributed by atoms with Crippen LogP contribution in [0.15, 0.2) is 41.5 Å². The third kappa shape index (κ3) is 3.20. The molecule has 1 aromatic carbocycles. The molecule has 2 rings (SSSR count). The fraction of sp³-hybridized carbons (Fsp3) is 0.438. The van der Waals surface area contributed by atoms with Crippen molar-refractivity contribution in [2.24, 2.45) is 0 Å². The van der Waals surface area contributed by atoms with Crippen LogP contribution in [0.3, 0.4) is 0 Å². The molecule has 0 aliphatic carbocycles. The van der Waals surface area contributed by atoms with Gasteiger partial charge in [0.15, 0.2) is 0 Å². The maximum absolute atomic E-state index is 11.9. The van der Waals surface area contributed by atoms with Crippen molar-refractivity contribution in [3.63, 3.8) is 0 Å². The van der Waals surface area contributed by atoms with Crippen molar-refractivity contribution >= 4 is 0 Å². The first-order chi connectivity index (χ1) is 9.65. The molecule has 0 radical (unpaired) electrons. The molecule has 0 aliphatic heterocycles. The SMILES string of the molecule is CCCc1ccc(C(O)Cn2ccn(CC)c2=O)cc1. The van der Waals surface area contributed by atoms with E-state index < -0.39 is 6.10 Å². The Morgan fingerprint density at radius 3 is 2.30 bits per heavy atom. The summed E-state index contributed by atoms with van der Waals surface area (Å²) in [6, 6.07) is 7.97. The molecule has 0 aliphatic rings. The van der Waals surface area contributed by atoms with Gasteiger partial charge >= 0.3 is 5.69 Å². The van der Waals surface area contributed by atoms with Crippen LogP contribution in [0.2, 0.25) is 0 Å². The lowest BCUT2D eigenvalue weighted by Crippen LogP contribution is -2.25. The van der Waals surface area contributed by atoms with Gasteiger partial charge in [0.25, 0.3) is 0 Å². The maximum atomic E-state index is 11.9. The van der Waals surface area contributed by atoms with Crippen LogP contribution in [0.5, 0.6) is 0 Å². The second-order valence-electron chi connectivity index (χ2n) is 5.03. The van der Waals surface area contributed by atoms with Gasteiger partial charge in [-0.1, -0.05) is 37.6 Å². The number of nitrogens with zero attached hydrogens (tertiary/aromatic N) is 2. The predicted octanol–water partition coefficient (Wildman–Crippen LogP) is 2.36. The van der Waals surface area contributed by atoms with E-state index in [0.717, 1.165) is 18.4 Å². The highest BCUT2D eigenvalue weighted by Crippen LogP contribution is 2.16. The zero-order valence-electron chi connectivity index (χ0n) is 12.1. The second-order valence-corrected chi connectivity index (χ2v) is 5.03. The second kappa shape index (κ2) is 6.57. The summed E-state index contributed by atoms with van der Waals surface area (Å²) in [5.41, 5.74) is 2.05. The number of imidazole rings is 1. The van der Waals surface area contributed by atoms with Gasteiger partial charge in [-0.15, -0.1) is 0 Å². The lowest BCUT2D eigenvalue weighted by atomic mass is 10.0. The average Bonchev–Trinajstić information content (AvgIpc) is 2.80. The summed E-state index contributed by atoms with van der Waals surface area (Å²) in [5.74, 6) is 0. The van der Waals surface area contributed by atoms with E-state index in [4.69, 9.17) is 0 Å². The molecule has 1 N–H and O–H groups in total. The maximum Gasteiger partial charge on any atom is 0.328 e. The number of aliphatic hydroxyl groups excluding tert-OH is 1. The zero-order valence-corrected chi connectivity index (χ0v) is 12.1. The Labute approximate surface area is 119 Å². The monoisotopic (exact) mass is 274 g/mol. The van der Waals surface area contributed by atoms with Gasteiger partial charge in [-0.2, -0.15) is 0 Å². The van der Waals surface area contributed by atoms with Crippen molar-refractivity contribution < 1.29 is 5.11 Å². The topological polar surface area (TPSA) is 47.2 Å². The molecule has 4 nitrogen and oxygen atoms in total.